The van der Waals surface area contributed by atoms with Gasteiger partial charge in [-0.2, -0.15) is 0 Å². The van der Waals surface area contributed by atoms with Crippen LogP contribution in [0.2, 0.25) is 0 Å². The van der Waals surface area contributed by atoms with Gasteiger partial charge in [-0.1, -0.05) is 5.21 Å². The van der Waals surface area contributed by atoms with Crippen LogP contribution in [0.3, 0.4) is 0 Å². The van der Waals surface area contributed by atoms with Crippen LogP contribution in [0, 0.1) is 6.92 Å². The number of carbonyl (C=O) groups is 1. The zero-order chi connectivity index (χ0) is 15.5. The van der Waals surface area contributed by atoms with Crippen molar-refractivity contribution in [1.29, 1.82) is 0 Å². The van der Waals surface area contributed by atoms with E-state index in [1.165, 1.54) is 4.52 Å². The third-order valence-corrected chi connectivity index (χ3v) is 3.20. The predicted octanol–water partition coefficient (Wildman–Crippen LogP) is 0.0935. The Bertz CT molecular complexity index is 868. The summed E-state index contributed by atoms with van der Waals surface area (Å²) in [5, 5.41) is 10.3. The molecule has 0 aliphatic rings. The maximum Gasteiger partial charge on any atom is 0.276 e. The van der Waals surface area contributed by atoms with E-state index >= 15 is 0 Å². The second kappa shape index (κ2) is 5.76. The van der Waals surface area contributed by atoms with Gasteiger partial charge < -0.3 is 10.3 Å². The summed E-state index contributed by atoms with van der Waals surface area (Å²) in [6.45, 7) is 2.17. The summed E-state index contributed by atoms with van der Waals surface area (Å²) in [6, 6.07) is 3.76. The number of fused-ring (bicyclic) bond motifs is 1. The van der Waals surface area contributed by atoms with Gasteiger partial charge in [-0.05, 0) is 31.0 Å². The van der Waals surface area contributed by atoms with Crippen LogP contribution < -0.4 is 10.9 Å². The van der Waals surface area contributed by atoms with E-state index in [0.29, 0.717) is 18.7 Å². The van der Waals surface area contributed by atoms with E-state index in [-0.39, 0.29) is 16.8 Å². The minimum Gasteiger partial charge on any atom is -0.350 e. The summed E-state index contributed by atoms with van der Waals surface area (Å²) in [5.41, 5.74) is 1.50. The average Bonchev–Trinajstić information content (AvgIpc) is 2.92. The highest BCUT2D eigenvalue weighted by atomic mass is 16.2. The summed E-state index contributed by atoms with van der Waals surface area (Å²) >= 11 is 0. The molecule has 0 aliphatic heterocycles. The van der Waals surface area contributed by atoms with Crippen molar-refractivity contribution in [2.45, 2.75) is 13.3 Å². The van der Waals surface area contributed by atoms with Gasteiger partial charge in [-0.15, -0.1) is 5.10 Å². The monoisotopic (exact) mass is 298 g/mol. The lowest BCUT2D eigenvalue weighted by Crippen LogP contribution is -2.27. The molecule has 3 rings (SSSR count). The van der Waals surface area contributed by atoms with Crippen LogP contribution in [0.15, 0.2) is 35.5 Å². The number of pyridine rings is 1. The zero-order valence-corrected chi connectivity index (χ0v) is 11.9. The van der Waals surface area contributed by atoms with E-state index < -0.39 is 5.91 Å². The molecule has 0 bridgehead atoms. The molecule has 0 atom stereocenters. The molecule has 22 heavy (non-hydrogen) atoms. The summed E-state index contributed by atoms with van der Waals surface area (Å²) in [6.07, 6.45) is 5.68. The number of aryl methyl sites for hydroxylation is 1. The Balaban J connectivity index is 1.74. The van der Waals surface area contributed by atoms with Crippen molar-refractivity contribution in [3.8, 4) is 0 Å². The van der Waals surface area contributed by atoms with Gasteiger partial charge >= 0.3 is 0 Å². The Morgan fingerprint density at radius 1 is 1.36 bits per heavy atom. The van der Waals surface area contributed by atoms with Crippen LogP contribution in [0.5, 0.6) is 0 Å². The molecule has 0 aliphatic carbocycles. The van der Waals surface area contributed by atoms with Crippen LogP contribution in [-0.4, -0.2) is 37.2 Å². The van der Waals surface area contributed by atoms with Crippen LogP contribution in [0.4, 0.5) is 0 Å². The molecular weight excluding hydrogens is 284 g/mol. The number of aromatic amines is 1. The standard InChI is InChI=1S/C14H14N6O2/c1-9-8-20-12(14(22)17-9)11(18-19-20)13(21)16-7-4-10-2-5-15-6-3-10/h2-3,5-6,8H,4,7H2,1H3,(H,16,21)(H,17,22). The zero-order valence-electron chi connectivity index (χ0n) is 11.9. The topological polar surface area (TPSA) is 105 Å². The number of amides is 1. The molecule has 3 heterocycles. The molecule has 0 fully saturated rings. The molecule has 0 aromatic carbocycles. The number of nitrogens with zero attached hydrogens (tertiary/aromatic N) is 4. The largest absolute Gasteiger partial charge is 0.350 e. The van der Waals surface area contributed by atoms with Crippen LogP contribution >= 0.6 is 0 Å². The van der Waals surface area contributed by atoms with Crippen LogP contribution in [0.25, 0.3) is 5.52 Å². The number of nitrogens with one attached hydrogen (secondary N) is 2. The third kappa shape index (κ3) is 2.71. The summed E-state index contributed by atoms with van der Waals surface area (Å²) in [5.74, 6) is -0.418. The SMILES string of the molecule is Cc1cn2nnc(C(=O)NCCc3ccncc3)c2c(=O)[nH]1. The number of hydrogen-bond donors (Lipinski definition) is 2. The summed E-state index contributed by atoms with van der Waals surface area (Å²) in [7, 11) is 0. The van der Waals surface area contributed by atoms with Crippen molar-refractivity contribution in [1.82, 2.24) is 30.1 Å². The fourth-order valence-corrected chi connectivity index (χ4v) is 2.16. The van der Waals surface area contributed by atoms with Crippen molar-refractivity contribution in [2.75, 3.05) is 6.54 Å². The van der Waals surface area contributed by atoms with Crippen molar-refractivity contribution in [3.05, 3.63) is 58.0 Å². The molecule has 0 saturated heterocycles. The third-order valence-electron chi connectivity index (χ3n) is 3.20. The molecule has 0 unspecified atom stereocenters. The second-order valence-electron chi connectivity index (χ2n) is 4.86. The van der Waals surface area contributed by atoms with Gasteiger partial charge in [-0.25, -0.2) is 4.52 Å². The van der Waals surface area contributed by atoms with E-state index in [1.54, 1.807) is 25.5 Å². The first-order valence-corrected chi connectivity index (χ1v) is 6.77. The number of H-pyrrole nitrogens is 1. The van der Waals surface area contributed by atoms with Crippen molar-refractivity contribution < 1.29 is 4.79 Å². The van der Waals surface area contributed by atoms with Crippen molar-refractivity contribution in [3.63, 3.8) is 0 Å². The average molecular weight is 298 g/mol. The Morgan fingerprint density at radius 2 is 2.14 bits per heavy atom. The number of rotatable bonds is 4. The quantitative estimate of drug-likeness (QED) is 0.710. The van der Waals surface area contributed by atoms with E-state index in [2.05, 4.69) is 25.6 Å². The molecule has 3 aromatic rings. The van der Waals surface area contributed by atoms with Gasteiger partial charge in [0.2, 0.25) is 0 Å². The Labute approximate surface area is 125 Å². The highest BCUT2D eigenvalue weighted by Crippen LogP contribution is 2.03. The summed E-state index contributed by atoms with van der Waals surface area (Å²) < 4.78 is 1.31. The molecule has 1 amide bonds. The van der Waals surface area contributed by atoms with E-state index in [0.717, 1.165) is 5.56 Å². The lowest BCUT2D eigenvalue weighted by molar-refractivity contribution is 0.0950. The van der Waals surface area contributed by atoms with Crippen LogP contribution in [-0.2, 0) is 6.42 Å². The maximum atomic E-state index is 12.2. The van der Waals surface area contributed by atoms with Crippen LogP contribution in [0.1, 0.15) is 21.7 Å². The second-order valence-corrected chi connectivity index (χ2v) is 4.86. The van der Waals surface area contributed by atoms with Gasteiger partial charge in [0, 0.05) is 24.6 Å². The Kier molecular flexibility index (Phi) is 3.65. The molecule has 8 nitrogen and oxygen atoms in total. The summed E-state index contributed by atoms with van der Waals surface area (Å²) in [4.78, 5) is 30.7. The Hall–Kier alpha value is -3.03. The van der Waals surface area contributed by atoms with E-state index in [9.17, 15) is 9.59 Å². The number of carbonyl (C=O) groups excluding carboxylic acids is 1. The van der Waals surface area contributed by atoms with Gasteiger partial charge in [0.15, 0.2) is 11.2 Å². The molecule has 3 aromatic heterocycles. The number of aromatic nitrogens is 5. The maximum absolute atomic E-state index is 12.2. The molecule has 112 valence electrons. The molecule has 0 saturated carbocycles. The van der Waals surface area contributed by atoms with Gasteiger partial charge in [0.05, 0.1) is 6.20 Å². The van der Waals surface area contributed by atoms with Gasteiger partial charge in [0.1, 0.15) is 0 Å². The number of hydrogen-bond acceptors (Lipinski definition) is 5. The first-order valence-electron chi connectivity index (χ1n) is 6.77. The molecular formula is C14H14N6O2. The Morgan fingerprint density at radius 3 is 2.91 bits per heavy atom. The first-order chi connectivity index (χ1) is 10.6. The highest BCUT2D eigenvalue weighted by Gasteiger charge is 2.17. The molecule has 0 radical (unpaired) electrons. The molecule has 0 spiro atoms. The molecule has 2 N–H and O–H groups in total. The minimum absolute atomic E-state index is 0.0241. The minimum atomic E-state index is -0.418. The predicted molar refractivity (Wildman–Crippen MR) is 78.6 cm³/mol. The normalized spacial score (nSPS) is 10.8. The molecule has 8 heteroatoms. The lowest BCUT2D eigenvalue weighted by Gasteiger charge is -2.03. The van der Waals surface area contributed by atoms with Gasteiger partial charge in [0.25, 0.3) is 11.5 Å². The lowest BCUT2D eigenvalue weighted by atomic mass is 10.2. The van der Waals surface area contributed by atoms with E-state index in [1.807, 2.05) is 12.1 Å². The van der Waals surface area contributed by atoms with Gasteiger partial charge in [-0.3, -0.25) is 14.6 Å². The van der Waals surface area contributed by atoms with Crippen molar-refractivity contribution in [2.24, 2.45) is 0 Å². The fourth-order valence-electron chi connectivity index (χ4n) is 2.16. The van der Waals surface area contributed by atoms with Crippen molar-refractivity contribution >= 4 is 11.4 Å². The first kappa shape index (κ1) is 13.9. The highest BCUT2D eigenvalue weighted by molar-refractivity contribution is 5.98. The fraction of sp³-hybridized carbons (Fsp3) is 0.214. The smallest absolute Gasteiger partial charge is 0.276 e. The van der Waals surface area contributed by atoms with E-state index in [4.69, 9.17) is 0 Å².